The number of anilines is 1. The highest BCUT2D eigenvalue weighted by Gasteiger charge is 2.50. The molecule has 0 radical (unpaired) electrons. The Balaban J connectivity index is 1.47. The van der Waals surface area contributed by atoms with E-state index in [2.05, 4.69) is 34.4 Å². The Morgan fingerprint density at radius 1 is 1.03 bits per heavy atom. The van der Waals surface area contributed by atoms with Crippen LogP contribution in [0.5, 0.6) is 0 Å². The second-order valence-electron chi connectivity index (χ2n) is 13.7. The van der Waals surface area contributed by atoms with Gasteiger partial charge in [0.2, 0.25) is 11.8 Å². The Hall–Kier alpha value is -2.88. The highest BCUT2D eigenvalue weighted by atomic mass is 32.2. The predicted molar refractivity (Wildman–Crippen MR) is 195 cm³/mol. The minimum absolute atomic E-state index is 0.00305. The van der Waals surface area contributed by atoms with E-state index in [0.29, 0.717) is 0 Å². The number of phosphoric ester groups is 3. The third-order valence-electron chi connectivity index (χ3n) is 8.13. The quantitative estimate of drug-likeness (QED) is 0.0496. The van der Waals surface area contributed by atoms with E-state index in [1.807, 2.05) is 0 Å². The van der Waals surface area contributed by atoms with Crippen LogP contribution in [0.3, 0.4) is 0 Å². The number of aliphatic carboxylic acids is 1. The van der Waals surface area contributed by atoms with Crippen molar-refractivity contribution < 1.29 is 94.9 Å². The summed E-state index contributed by atoms with van der Waals surface area (Å²) in [4.78, 5) is 86.3. The third kappa shape index (κ3) is 15.3. The van der Waals surface area contributed by atoms with Crippen molar-refractivity contribution in [3.8, 4) is 0 Å². The molecule has 2 amide bonds. The van der Waals surface area contributed by atoms with Crippen molar-refractivity contribution in [3.63, 3.8) is 0 Å². The Morgan fingerprint density at radius 3 is 2.33 bits per heavy atom. The summed E-state index contributed by atoms with van der Waals surface area (Å²) in [6.07, 6.45) is -7.74. The number of fused-ring (bicyclic) bond motifs is 1. The molecule has 0 spiro atoms. The molecule has 58 heavy (non-hydrogen) atoms. The van der Waals surface area contributed by atoms with Crippen LogP contribution in [-0.4, -0.2) is 149 Å². The molecule has 9 atom stereocenters. The van der Waals surface area contributed by atoms with E-state index in [1.54, 1.807) is 0 Å². The second-order valence-corrected chi connectivity index (χ2v) is 19.7. The number of carboxylic acid groups (broad SMARTS) is 1. The lowest BCUT2D eigenvalue weighted by molar-refractivity contribution is -0.142. The van der Waals surface area contributed by atoms with Gasteiger partial charge in [0.05, 0.1) is 31.6 Å². The van der Waals surface area contributed by atoms with Crippen LogP contribution >= 0.6 is 23.5 Å². The first kappa shape index (κ1) is 49.5. The van der Waals surface area contributed by atoms with Gasteiger partial charge in [-0.25, -0.2) is 28.6 Å². The summed E-state index contributed by atoms with van der Waals surface area (Å²) in [6, 6.07) is 0. The van der Waals surface area contributed by atoms with Crippen molar-refractivity contribution in [2.45, 2.75) is 76.3 Å². The van der Waals surface area contributed by atoms with Gasteiger partial charge < -0.3 is 61.1 Å². The molecular formula is C27H46N7O20P3S. The number of hydrogen-bond acceptors (Lipinski definition) is 19. The molecule has 0 bridgehead atoms. The minimum atomic E-state index is -5.60. The summed E-state index contributed by atoms with van der Waals surface area (Å²) in [5.41, 5.74) is 2.63. The molecule has 1 aliphatic heterocycles. The van der Waals surface area contributed by atoms with Gasteiger partial charge in [0, 0.05) is 47.2 Å². The molecule has 1 saturated heterocycles. The first-order chi connectivity index (χ1) is 26.6. The number of carboxylic acids is 1. The topological polar surface area (TPSA) is 421 Å². The molecule has 330 valence electrons. The Bertz CT molecular complexity index is 1950. The van der Waals surface area contributed by atoms with Crippen LogP contribution in [-0.2, 0) is 61.5 Å². The lowest BCUT2D eigenvalue weighted by atomic mass is 9.87. The van der Waals surface area contributed by atoms with Crippen molar-refractivity contribution in [3.05, 3.63) is 12.7 Å². The number of nitrogens with one attached hydrogen (secondary N) is 2. The van der Waals surface area contributed by atoms with Crippen LogP contribution in [0.4, 0.5) is 5.82 Å². The maximum atomic E-state index is 12.7. The van der Waals surface area contributed by atoms with Crippen LogP contribution < -0.4 is 16.4 Å². The van der Waals surface area contributed by atoms with E-state index in [4.69, 9.17) is 24.6 Å². The van der Waals surface area contributed by atoms with E-state index >= 15 is 0 Å². The molecule has 0 aromatic carbocycles. The summed E-state index contributed by atoms with van der Waals surface area (Å²) >= 11 is 0. The SMILES string of the molecule is CC(O)(CCS(=O)CCNC(=O)CCNC(=O)C(O)C(C)(C)COP(=O)(O)OP(=O)(O)OC[C@H]1O[C@@H](n2cnc3c(N)ncnc32)[C@H](O)[C@@H]1OP(=O)(O)O)CC(=O)O. The zero-order valence-electron chi connectivity index (χ0n) is 31.0. The van der Waals surface area contributed by atoms with Gasteiger partial charge in [0.15, 0.2) is 17.7 Å². The molecule has 3 heterocycles. The standard InChI is InChI=1S/C27H46N7O20P3S/c1-26(2,21(39)24(40)30-6-4-16(35)29-7-9-58(49)8-5-27(3,41)10-17(36)37)12-51-57(47,48)54-56(45,46)50-11-15-20(53-55(42,43)44)19(38)25(52-15)34-14-33-18-22(28)31-13-32-23(18)34/h13-15,19-21,25,38-39,41H,4-12H2,1-3H3,(H,29,35)(H,30,40)(H,36,37)(H,45,46)(H,47,48)(H2,28,31,32)(H2,42,43,44)/t15-,19-,20-,21?,25-,27?,58?/m1/s1. The highest BCUT2D eigenvalue weighted by molar-refractivity contribution is 7.85. The van der Waals surface area contributed by atoms with Gasteiger partial charge in [-0.05, 0) is 13.3 Å². The number of hydrogen-bond donors (Lipinski definition) is 11. The van der Waals surface area contributed by atoms with Crippen molar-refractivity contribution in [1.29, 1.82) is 0 Å². The number of rotatable bonds is 24. The third-order valence-corrected chi connectivity index (χ3v) is 12.5. The number of phosphoric acid groups is 3. The van der Waals surface area contributed by atoms with E-state index in [-0.39, 0.29) is 54.4 Å². The van der Waals surface area contributed by atoms with Gasteiger partial charge in [-0.15, -0.1) is 0 Å². The minimum Gasteiger partial charge on any atom is -0.481 e. The van der Waals surface area contributed by atoms with E-state index < -0.39 is 113 Å². The number of carbonyl (C=O) groups is 3. The number of aliphatic hydroxyl groups is 3. The summed E-state index contributed by atoms with van der Waals surface area (Å²) in [5, 5.41) is 45.0. The number of nitrogens with two attached hydrogens (primary N) is 1. The Labute approximate surface area is 331 Å². The smallest absolute Gasteiger partial charge is 0.481 e. The Kier molecular flexibility index (Phi) is 17.2. The fraction of sp³-hybridized carbons (Fsp3) is 0.704. The molecule has 0 aliphatic carbocycles. The molecule has 3 rings (SSSR count). The maximum Gasteiger partial charge on any atom is 0.481 e. The maximum absolute atomic E-state index is 12.7. The van der Waals surface area contributed by atoms with Crippen LogP contribution in [0.15, 0.2) is 12.7 Å². The number of carbonyl (C=O) groups excluding carboxylic acids is 2. The van der Waals surface area contributed by atoms with Crippen molar-refractivity contribution in [2.75, 3.05) is 43.5 Å². The highest BCUT2D eigenvalue weighted by Crippen LogP contribution is 2.61. The summed E-state index contributed by atoms with van der Waals surface area (Å²) in [5.74, 6) is -2.86. The molecule has 2 aromatic rings. The summed E-state index contributed by atoms with van der Waals surface area (Å²) in [7, 11) is -18.0. The van der Waals surface area contributed by atoms with Gasteiger partial charge in [-0.1, -0.05) is 13.8 Å². The first-order valence-corrected chi connectivity index (χ1v) is 22.8. The molecule has 1 fully saturated rings. The molecule has 12 N–H and O–H groups in total. The second kappa shape index (κ2) is 20.1. The average molecular weight is 914 g/mol. The summed E-state index contributed by atoms with van der Waals surface area (Å²) < 4.78 is 74.1. The number of aromatic nitrogens is 4. The van der Waals surface area contributed by atoms with E-state index in [0.717, 1.165) is 17.2 Å². The van der Waals surface area contributed by atoms with Crippen molar-refractivity contribution in [2.24, 2.45) is 5.41 Å². The molecule has 2 aromatic heterocycles. The molecule has 5 unspecified atom stereocenters. The largest absolute Gasteiger partial charge is 0.481 e. The lowest BCUT2D eigenvalue weighted by Gasteiger charge is -2.30. The predicted octanol–water partition coefficient (Wildman–Crippen LogP) is -2.23. The average Bonchev–Trinajstić information content (AvgIpc) is 3.64. The van der Waals surface area contributed by atoms with Gasteiger partial charge in [0.1, 0.15) is 36.3 Å². The number of imidazole rings is 1. The van der Waals surface area contributed by atoms with Crippen molar-refractivity contribution >= 4 is 69.0 Å². The normalized spacial score (nSPS) is 23.0. The number of amides is 2. The van der Waals surface area contributed by atoms with Gasteiger partial charge in [-0.2, -0.15) is 4.31 Å². The monoisotopic (exact) mass is 913 g/mol. The van der Waals surface area contributed by atoms with Gasteiger partial charge in [0.25, 0.3) is 0 Å². The number of nitrogen functional groups attached to an aromatic ring is 1. The molecule has 27 nitrogen and oxygen atoms in total. The molecule has 31 heteroatoms. The first-order valence-electron chi connectivity index (χ1n) is 16.8. The zero-order chi connectivity index (χ0) is 43.9. The molecular weight excluding hydrogens is 867 g/mol. The lowest BCUT2D eigenvalue weighted by Crippen LogP contribution is -2.46. The van der Waals surface area contributed by atoms with Gasteiger partial charge in [-0.3, -0.25) is 36.7 Å². The number of ether oxygens (including phenoxy) is 1. The van der Waals surface area contributed by atoms with Crippen LogP contribution in [0, 0.1) is 5.41 Å². The number of nitrogens with zero attached hydrogens (tertiary/aromatic N) is 4. The van der Waals surface area contributed by atoms with Crippen LogP contribution in [0.25, 0.3) is 11.2 Å². The fourth-order valence-electron chi connectivity index (χ4n) is 5.09. The van der Waals surface area contributed by atoms with E-state index in [9.17, 15) is 67.2 Å². The van der Waals surface area contributed by atoms with Crippen LogP contribution in [0.2, 0.25) is 0 Å². The van der Waals surface area contributed by atoms with E-state index in [1.165, 1.54) is 20.8 Å². The molecule has 0 saturated carbocycles. The fourth-order valence-corrected chi connectivity index (χ4v) is 9.12. The number of aliphatic hydroxyl groups excluding tert-OH is 2. The summed E-state index contributed by atoms with van der Waals surface area (Å²) in [6.45, 7) is 1.34. The van der Waals surface area contributed by atoms with Crippen molar-refractivity contribution in [1.82, 2.24) is 30.2 Å². The zero-order valence-corrected chi connectivity index (χ0v) is 34.5. The van der Waals surface area contributed by atoms with Crippen LogP contribution in [0.1, 0.15) is 46.3 Å². The molecule has 1 aliphatic rings. The van der Waals surface area contributed by atoms with Gasteiger partial charge >= 0.3 is 29.4 Å². The Morgan fingerprint density at radius 2 is 1.69 bits per heavy atom.